The maximum atomic E-state index is 12.7. The summed E-state index contributed by atoms with van der Waals surface area (Å²) in [5, 5.41) is 0. The highest BCUT2D eigenvalue weighted by molar-refractivity contribution is 5.05. The lowest BCUT2D eigenvalue weighted by Gasteiger charge is -2.35. The Hall–Kier alpha value is -0.810. The Morgan fingerprint density at radius 3 is 1.28 bits per heavy atom. The molecule has 0 N–H and O–H groups in total. The predicted molar refractivity (Wildman–Crippen MR) is 32.9 cm³/mol. The van der Waals surface area contributed by atoms with E-state index >= 15 is 0 Å². The lowest BCUT2D eigenvalue weighted by molar-refractivity contribution is -0.404. The normalized spacial score (nSPS) is 15.3. The molecule has 0 unspecified atom stereocenters. The third-order valence-corrected chi connectivity index (χ3v) is 1.68. The fourth-order valence-electron chi connectivity index (χ4n) is 0.843. The number of hydrogen-bond acceptors (Lipinski definition) is 1. The van der Waals surface area contributed by atoms with Gasteiger partial charge in [-0.3, -0.25) is 0 Å². The second kappa shape index (κ2) is 4.70. The van der Waals surface area contributed by atoms with Crippen LogP contribution in [-0.4, -0.2) is 37.2 Å². The quantitative estimate of drug-likeness (QED) is 0.719. The van der Waals surface area contributed by atoms with E-state index in [0.29, 0.717) is 0 Å². The van der Waals surface area contributed by atoms with E-state index in [4.69, 9.17) is 0 Å². The molecule has 18 heavy (non-hydrogen) atoms. The topological polar surface area (TPSA) is 9.23 Å². The zero-order valence-electron chi connectivity index (χ0n) is 7.85. The Morgan fingerprint density at radius 2 is 1.06 bits per heavy atom. The van der Waals surface area contributed by atoms with E-state index in [-0.39, 0.29) is 0 Å². The Balaban J connectivity index is 5.47. The van der Waals surface area contributed by atoms with Gasteiger partial charge in [0, 0.05) is 0 Å². The van der Waals surface area contributed by atoms with Crippen LogP contribution in [0.3, 0.4) is 0 Å². The van der Waals surface area contributed by atoms with Gasteiger partial charge in [-0.1, -0.05) is 0 Å². The summed E-state index contributed by atoms with van der Waals surface area (Å²) in [6, 6.07) is 0. The molecule has 0 spiro atoms. The summed E-state index contributed by atoms with van der Waals surface area (Å²) in [5.41, 5.74) is -6.98. The standard InChI is InChI=1S/C6H3F11O/c7-2(8)18-1-3(9,10)4(11,5(12,13)14)6(15,16)17/h2H,1H2. The Kier molecular flexibility index (Phi) is 4.49. The third kappa shape index (κ3) is 2.95. The molecule has 1 nitrogen and oxygen atoms in total. The maximum Gasteiger partial charge on any atom is 0.437 e. The Labute approximate surface area is 91.5 Å². The van der Waals surface area contributed by atoms with Gasteiger partial charge >= 0.3 is 30.6 Å². The molecular formula is C6H3F11O. The lowest BCUT2D eigenvalue weighted by Crippen LogP contribution is -2.66. The molecule has 0 aliphatic rings. The van der Waals surface area contributed by atoms with Crippen LogP contribution in [0.2, 0.25) is 0 Å². The molecule has 0 heterocycles. The first-order valence-electron chi connectivity index (χ1n) is 3.77. The summed E-state index contributed by atoms with van der Waals surface area (Å²) in [4.78, 5) is 0. The van der Waals surface area contributed by atoms with Crippen molar-refractivity contribution in [3.05, 3.63) is 0 Å². The van der Waals surface area contributed by atoms with Crippen LogP contribution < -0.4 is 0 Å². The number of hydrogen-bond donors (Lipinski definition) is 0. The molecule has 0 fully saturated rings. The summed E-state index contributed by atoms with van der Waals surface area (Å²) in [7, 11) is 0. The molecule has 0 saturated carbocycles. The minimum absolute atomic E-state index is 2.62. The van der Waals surface area contributed by atoms with Crippen LogP contribution in [0.25, 0.3) is 0 Å². The van der Waals surface area contributed by atoms with E-state index < -0.39 is 37.2 Å². The van der Waals surface area contributed by atoms with E-state index in [0.717, 1.165) is 0 Å². The highest BCUT2D eigenvalue weighted by atomic mass is 19.4. The summed E-state index contributed by atoms with van der Waals surface area (Å²) < 4.78 is 134. The van der Waals surface area contributed by atoms with Crippen LogP contribution in [0.1, 0.15) is 0 Å². The Bertz CT molecular complexity index is 262. The van der Waals surface area contributed by atoms with Gasteiger partial charge < -0.3 is 4.74 Å². The largest absolute Gasteiger partial charge is 0.437 e. The van der Waals surface area contributed by atoms with Crippen LogP contribution >= 0.6 is 0 Å². The van der Waals surface area contributed by atoms with Crippen LogP contribution in [0.4, 0.5) is 48.3 Å². The molecule has 0 aromatic heterocycles. The van der Waals surface area contributed by atoms with Gasteiger partial charge in [0.15, 0.2) is 0 Å². The van der Waals surface area contributed by atoms with Gasteiger partial charge in [0.25, 0.3) is 0 Å². The summed E-state index contributed by atoms with van der Waals surface area (Å²) in [6.07, 6.45) is -14.1. The van der Waals surface area contributed by atoms with Gasteiger partial charge in [0.2, 0.25) is 0 Å². The molecule has 0 aromatic rings. The molecule has 0 radical (unpaired) electrons. The Morgan fingerprint density at radius 1 is 0.722 bits per heavy atom. The predicted octanol–water partition coefficient (Wildman–Crippen LogP) is 3.69. The van der Waals surface area contributed by atoms with Crippen LogP contribution in [0, 0.1) is 0 Å². The SMILES string of the molecule is FC(F)OCC(F)(F)C(F)(C(F)(F)F)C(F)(F)F. The van der Waals surface area contributed by atoms with Crippen molar-refractivity contribution in [2.45, 2.75) is 30.6 Å². The van der Waals surface area contributed by atoms with Crippen molar-refractivity contribution in [2.75, 3.05) is 6.61 Å². The molecule has 0 amide bonds. The monoisotopic (exact) mass is 300 g/mol. The second-order valence-electron chi connectivity index (χ2n) is 2.93. The first-order chi connectivity index (χ1) is 7.67. The average molecular weight is 300 g/mol. The number of ether oxygens (including phenoxy) is 1. The first-order valence-corrected chi connectivity index (χ1v) is 3.77. The van der Waals surface area contributed by atoms with Crippen molar-refractivity contribution in [1.29, 1.82) is 0 Å². The van der Waals surface area contributed by atoms with E-state index in [1.807, 2.05) is 0 Å². The van der Waals surface area contributed by atoms with Crippen molar-refractivity contribution in [1.82, 2.24) is 0 Å². The van der Waals surface area contributed by atoms with E-state index in [9.17, 15) is 48.3 Å². The van der Waals surface area contributed by atoms with E-state index in [1.54, 1.807) is 0 Å². The van der Waals surface area contributed by atoms with Crippen molar-refractivity contribution in [3.63, 3.8) is 0 Å². The molecule has 0 atom stereocenters. The van der Waals surface area contributed by atoms with E-state index in [1.165, 1.54) is 0 Å². The van der Waals surface area contributed by atoms with Crippen LogP contribution in [-0.2, 0) is 4.74 Å². The summed E-state index contributed by atoms with van der Waals surface area (Å²) in [5.74, 6) is -6.26. The molecular weight excluding hydrogens is 297 g/mol. The van der Waals surface area contributed by atoms with Gasteiger partial charge in [-0.2, -0.15) is 43.9 Å². The smallest absolute Gasteiger partial charge is 0.316 e. The molecule has 12 heteroatoms. The molecule has 0 rings (SSSR count). The van der Waals surface area contributed by atoms with Crippen molar-refractivity contribution >= 4 is 0 Å². The van der Waals surface area contributed by atoms with Gasteiger partial charge in [0.05, 0.1) is 0 Å². The number of rotatable bonds is 4. The molecule has 0 saturated heterocycles. The fourth-order valence-corrected chi connectivity index (χ4v) is 0.843. The van der Waals surface area contributed by atoms with Gasteiger partial charge in [-0.15, -0.1) is 0 Å². The molecule has 0 aromatic carbocycles. The first kappa shape index (κ1) is 17.2. The van der Waals surface area contributed by atoms with Crippen molar-refractivity contribution < 1.29 is 53.0 Å². The van der Waals surface area contributed by atoms with Gasteiger partial charge in [0.1, 0.15) is 6.61 Å². The van der Waals surface area contributed by atoms with Crippen molar-refractivity contribution in [3.8, 4) is 0 Å². The summed E-state index contributed by atoms with van der Waals surface area (Å²) >= 11 is 0. The van der Waals surface area contributed by atoms with Gasteiger partial charge in [-0.25, -0.2) is 4.39 Å². The minimum Gasteiger partial charge on any atom is -0.316 e. The third-order valence-electron chi connectivity index (χ3n) is 1.68. The fraction of sp³-hybridized carbons (Fsp3) is 1.00. The molecule has 0 aliphatic carbocycles. The maximum absolute atomic E-state index is 12.7. The average Bonchev–Trinajstić information content (AvgIpc) is 2.09. The van der Waals surface area contributed by atoms with E-state index in [2.05, 4.69) is 4.74 Å². The van der Waals surface area contributed by atoms with Gasteiger partial charge in [-0.05, 0) is 0 Å². The number of halogens is 11. The molecule has 0 bridgehead atoms. The van der Waals surface area contributed by atoms with Crippen LogP contribution in [0.5, 0.6) is 0 Å². The summed E-state index contributed by atoms with van der Waals surface area (Å²) in [6.45, 7) is -7.17. The highest BCUT2D eigenvalue weighted by Crippen LogP contribution is 2.54. The minimum atomic E-state index is -7.06. The number of alkyl halides is 11. The molecule has 0 aliphatic heterocycles. The zero-order valence-corrected chi connectivity index (χ0v) is 7.85. The van der Waals surface area contributed by atoms with Crippen LogP contribution in [0.15, 0.2) is 0 Å². The van der Waals surface area contributed by atoms with Crippen molar-refractivity contribution in [2.24, 2.45) is 0 Å². The second-order valence-corrected chi connectivity index (χ2v) is 2.93. The zero-order chi connectivity index (χ0) is 15.0. The lowest BCUT2D eigenvalue weighted by atomic mass is 9.96. The highest BCUT2D eigenvalue weighted by Gasteiger charge is 2.84. The molecule has 110 valence electrons.